The van der Waals surface area contributed by atoms with Crippen molar-refractivity contribution in [3.63, 3.8) is 0 Å². The summed E-state index contributed by atoms with van der Waals surface area (Å²) in [6.45, 7) is 5.25. The van der Waals surface area contributed by atoms with Crippen molar-refractivity contribution >= 4 is 21.6 Å². The predicted molar refractivity (Wildman–Crippen MR) is 114 cm³/mol. The van der Waals surface area contributed by atoms with Crippen molar-refractivity contribution in [2.75, 3.05) is 25.0 Å². The number of ether oxygens (including phenoxy) is 1. The van der Waals surface area contributed by atoms with Crippen LogP contribution in [0.3, 0.4) is 0 Å². The second-order valence-electron chi connectivity index (χ2n) is 7.35. The van der Waals surface area contributed by atoms with E-state index in [1.54, 1.807) is 18.2 Å². The van der Waals surface area contributed by atoms with Crippen molar-refractivity contribution in [2.45, 2.75) is 43.9 Å². The molecule has 1 fully saturated rings. The molecule has 1 N–H and O–H groups in total. The molecule has 1 unspecified atom stereocenters. The Hall–Kier alpha value is -2.38. The van der Waals surface area contributed by atoms with Crippen LogP contribution in [0.4, 0.5) is 5.69 Å². The van der Waals surface area contributed by atoms with Gasteiger partial charge in [-0.3, -0.25) is 4.79 Å². The molecule has 0 bridgehead atoms. The van der Waals surface area contributed by atoms with Crippen LogP contribution in [0, 0.1) is 0 Å². The minimum Gasteiger partial charge on any atom is -0.484 e. The van der Waals surface area contributed by atoms with Gasteiger partial charge in [0.2, 0.25) is 10.0 Å². The molecule has 3 rings (SSSR count). The third-order valence-corrected chi connectivity index (χ3v) is 7.15. The highest BCUT2D eigenvalue weighted by Gasteiger charge is 2.27. The standard InChI is InChI=1S/C22H28N2O4S/c1-3-17(2)18-9-11-20(12-10-18)28-16-22(25)23-19-7-6-8-21(15-19)29(26,27)24-13-4-5-14-24/h6-12,15,17H,3-5,13-14,16H2,1-2H3,(H,23,25). The maximum absolute atomic E-state index is 12.7. The third kappa shape index (κ3) is 5.36. The summed E-state index contributed by atoms with van der Waals surface area (Å²) in [7, 11) is -3.51. The second-order valence-corrected chi connectivity index (χ2v) is 9.29. The van der Waals surface area contributed by atoms with Crippen molar-refractivity contribution in [3.8, 4) is 5.75 Å². The Kier molecular flexibility index (Phi) is 6.92. The number of carbonyl (C=O) groups excluding carboxylic acids is 1. The number of amides is 1. The summed E-state index contributed by atoms with van der Waals surface area (Å²) in [5.74, 6) is 0.765. The zero-order valence-electron chi connectivity index (χ0n) is 16.9. The molecule has 156 valence electrons. The van der Waals surface area contributed by atoms with Crippen molar-refractivity contribution in [1.29, 1.82) is 0 Å². The number of benzene rings is 2. The summed E-state index contributed by atoms with van der Waals surface area (Å²) in [6, 6.07) is 14.1. The van der Waals surface area contributed by atoms with E-state index in [1.165, 1.54) is 15.9 Å². The molecule has 1 aliphatic rings. The molecule has 7 heteroatoms. The van der Waals surface area contributed by atoms with Gasteiger partial charge < -0.3 is 10.1 Å². The lowest BCUT2D eigenvalue weighted by atomic mass is 9.99. The molecule has 1 saturated heterocycles. The molecule has 2 aromatic carbocycles. The van der Waals surface area contributed by atoms with E-state index in [2.05, 4.69) is 19.2 Å². The fraction of sp³-hybridized carbons (Fsp3) is 0.409. The quantitative estimate of drug-likeness (QED) is 0.706. The number of nitrogens with one attached hydrogen (secondary N) is 1. The predicted octanol–water partition coefficient (Wildman–Crippen LogP) is 4.00. The summed E-state index contributed by atoms with van der Waals surface area (Å²) in [4.78, 5) is 12.4. The minimum atomic E-state index is -3.51. The molecule has 1 heterocycles. The number of sulfonamides is 1. The van der Waals surface area contributed by atoms with E-state index >= 15 is 0 Å². The Morgan fingerprint density at radius 1 is 1.14 bits per heavy atom. The highest BCUT2D eigenvalue weighted by Crippen LogP contribution is 2.24. The van der Waals surface area contributed by atoms with Gasteiger partial charge in [-0.15, -0.1) is 0 Å². The van der Waals surface area contributed by atoms with Gasteiger partial charge in [-0.25, -0.2) is 8.42 Å². The van der Waals surface area contributed by atoms with Gasteiger partial charge in [0, 0.05) is 18.8 Å². The van der Waals surface area contributed by atoms with Crippen molar-refractivity contribution in [2.24, 2.45) is 0 Å². The van der Waals surface area contributed by atoms with Crippen LogP contribution in [-0.4, -0.2) is 38.3 Å². The lowest BCUT2D eigenvalue weighted by molar-refractivity contribution is -0.118. The van der Waals surface area contributed by atoms with E-state index in [1.807, 2.05) is 24.3 Å². The molecule has 0 aliphatic carbocycles. The fourth-order valence-electron chi connectivity index (χ4n) is 3.29. The lowest BCUT2D eigenvalue weighted by Gasteiger charge is -2.16. The van der Waals surface area contributed by atoms with E-state index in [-0.39, 0.29) is 17.4 Å². The molecule has 0 saturated carbocycles. The van der Waals surface area contributed by atoms with E-state index in [4.69, 9.17) is 4.74 Å². The first kappa shape index (κ1) is 21.3. The van der Waals surface area contributed by atoms with Gasteiger partial charge >= 0.3 is 0 Å². The summed E-state index contributed by atoms with van der Waals surface area (Å²) in [5.41, 5.74) is 1.67. The summed E-state index contributed by atoms with van der Waals surface area (Å²) in [5, 5.41) is 2.71. The maximum Gasteiger partial charge on any atom is 0.262 e. The van der Waals surface area contributed by atoms with Gasteiger partial charge in [0.25, 0.3) is 5.91 Å². The SMILES string of the molecule is CCC(C)c1ccc(OCC(=O)Nc2cccc(S(=O)(=O)N3CCCC3)c2)cc1. The number of hydrogen-bond donors (Lipinski definition) is 1. The Labute approximate surface area is 172 Å². The molecular formula is C22H28N2O4S. The van der Waals surface area contributed by atoms with Crippen LogP contribution in [0.5, 0.6) is 5.75 Å². The van der Waals surface area contributed by atoms with Crippen molar-refractivity contribution < 1.29 is 17.9 Å². The Morgan fingerprint density at radius 3 is 2.48 bits per heavy atom. The normalized spacial score (nSPS) is 15.8. The summed E-state index contributed by atoms with van der Waals surface area (Å²) >= 11 is 0. The van der Waals surface area contributed by atoms with E-state index in [0.717, 1.165) is 19.3 Å². The first-order chi connectivity index (χ1) is 13.9. The molecule has 1 aliphatic heterocycles. The average molecular weight is 417 g/mol. The number of carbonyl (C=O) groups is 1. The molecule has 29 heavy (non-hydrogen) atoms. The fourth-order valence-corrected chi connectivity index (χ4v) is 4.85. The molecule has 1 atom stereocenters. The minimum absolute atomic E-state index is 0.147. The number of rotatable bonds is 8. The Morgan fingerprint density at radius 2 is 1.83 bits per heavy atom. The Balaban J connectivity index is 1.58. The number of nitrogens with zero attached hydrogens (tertiary/aromatic N) is 1. The van der Waals surface area contributed by atoms with Gasteiger partial charge in [0.15, 0.2) is 6.61 Å². The van der Waals surface area contributed by atoms with Crippen LogP contribution >= 0.6 is 0 Å². The van der Waals surface area contributed by atoms with Gasteiger partial charge in [-0.05, 0) is 61.1 Å². The smallest absolute Gasteiger partial charge is 0.262 e. The highest BCUT2D eigenvalue weighted by atomic mass is 32.2. The van der Waals surface area contributed by atoms with Crippen LogP contribution in [-0.2, 0) is 14.8 Å². The monoisotopic (exact) mass is 416 g/mol. The van der Waals surface area contributed by atoms with E-state index in [0.29, 0.717) is 30.4 Å². The third-order valence-electron chi connectivity index (χ3n) is 5.25. The molecule has 0 aromatic heterocycles. The number of hydrogen-bond acceptors (Lipinski definition) is 4. The molecule has 2 aromatic rings. The lowest BCUT2D eigenvalue weighted by Crippen LogP contribution is -2.28. The molecule has 0 radical (unpaired) electrons. The van der Waals surface area contributed by atoms with E-state index in [9.17, 15) is 13.2 Å². The van der Waals surface area contributed by atoms with Crippen LogP contribution in [0.2, 0.25) is 0 Å². The van der Waals surface area contributed by atoms with Crippen molar-refractivity contribution in [1.82, 2.24) is 4.31 Å². The number of anilines is 1. The summed E-state index contributed by atoms with van der Waals surface area (Å²) in [6.07, 6.45) is 2.83. The first-order valence-corrected chi connectivity index (χ1v) is 11.5. The molecule has 6 nitrogen and oxygen atoms in total. The largest absolute Gasteiger partial charge is 0.484 e. The van der Waals surface area contributed by atoms with E-state index < -0.39 is 10.0 Å². The second kappa shape index (κ2) is 9.41. The summed E-state index contributed by atoms with van der Waals surface area (Å²) < 4.78 is 32.4. The maximum atomic E-state index is 12.7. The van der Waals surface area contributed by atoms with Crippen LogP contribution in [0.25, 0.3) is 0 Å². The average Bonchev–Trinajstić information content (AvgIpc) is 3.28. The van der Waals surface area contributed by atoms with Crippen LogP contribution in [0.1, 0.15) is 44.6 Å². The van der Waals surface area contributed by atoms with Gasteiger partial charge in [-0.1, -0.05) is 32.0 Å². The van der Waals surface area contributed by atoms with Gasteiger partial charge in [0.1, 0.15) is 5.75 Å². The van der Waals surface area contributed by atoms with Gasteiger partial charge in [0.05, 0.1) is 4.90 Å². The molecule has 1 amide bonds. The zero-order valence-corrected chi connectivity index (χ0v) is 17.7. The highest BCUT2D eigenvalue weighted by molar-refractivity contribution is 7.89. The topological polar surface area (TPSA) is 75.7 Å². The van der Waals surface area contributed by atoms with Crippen LogP contribution < -0.4 is 10.1 Å². The van der Waals surface area contributed by atoms with Crippen LogP contribution in [0.15, 0.2) is 53.4 Å². The molecule has 0 spiro atoms. The first-order valence-electron chi connectivity index (χ1n) is 10.0. The Bertz CT molecular complexity index is 936. The molecular weight excluding hydrogens is 388 g/mol. The van der Waals surface area contributed by atoms with Gasteiger partial charge in [-0.2, -0.15) is 4.31 Å². The zero-order chi connectivity index (χ0) is 20.9. The van der Waals surface area contributed by atoms with Crippen molar-refractivity contribution in [3.05, 3.63) is 54.1 Å².